The van der Waals surface area contributed by atoms with Crippen LogP contribution in [-0.2, 0) is 16.1 Å². The quantitative estimate of drug-likeness (QED) is 0.703. The maximum absolute atomic E-state index is 12.7. The highest BCUT2D eigenvalue weighted by Crippen LogP contribution is 2.23. The first-order valence-electron chi connectivity index (χ1n) is 8.64. The van der Waals surface area contributed by atoms with E-state index in [0.29, 0.717) is 16.8 Å². The molecule has 3 aromatic rings. The standard InChI is InChI=1S/C21H20N2O4/c1-14-6-8-16(9-7-14)23(20(25)10-11-21(26)27)13-15-12-19(24)22-18-5-3-2-4-17(15)18/h2-9,12H,10-11,13H2,1H3,(H,22,24)(H,26,27). The van der Waals surface area contributed by atoms with Crippen molar-refractivity contribution in [1.29, 1.82) is 0 Å². The summed E-state index contributed by atoms with van der Waals surface area (Å²) < 4.78 is 0. The van der Waals surface area contributed by atoms with Crippen molar-refractivity contribution >= 4 is 28.5 Å². The van der Waals surface area contributed by atoms with Crippen molar-refractivity contribution in [2.24, 2.45) is 0 Å². The summed E-state index contributed by atoms with van der Waals surface area (Å²) >= 11 is 0. The molecular formula is C21H20N2O4. The molecule has 0 atom stereocenters. The Morgan fingerprint density at radius 1 is 1.04 bits per heavy atom. The molecular weight excluding hydrogens is 344 g/mol. The lowest BCUT2D eigenvalue weighted by Gasteiger charge is -2.24. The van der Waals surface area contributed by atoms with Gasteiger partial charge in [0.2, 0.25) is 11.5 Å². The lowest BCUT2D eigenvalue weighted by atomic mass is 10.1. The van der Waals surface area contributed by atoms with Crippen LogP contribution in [0.2, 0.25) is 0 Å². The summed E-state index contributed by atoms with van der Waals surface area (Å²) in [6.45, 7) is 2.14. The summed E-state index contributed by atoms with van der Waals surface area (Å²) in [4.78, 5) is 39.9. The maximum Gasteiger partial charge on any atom is 0.303 e. The highest BCUT2D eigenvalue weighted by molar-refractivity contribution is 5.95. The Morgan fingerprint density at radius 3 is 2.44 bits per heavy atom. The minimum absolute atomic E-state index is 0.107. The number of anilines is 1. The number of carboxylic acids is 1. The Balaban J connectivity index is 2.01. The van der Waals surface area contributed by atoms with Crippen LogP contribution in [0.3, 0.4) is 0 Å². The first-order chi connectivity index (χ1) is 12.9. The minimum Gasteiger partial charge on any atom is -0.481 e. The highest BCUT2D eigenvalue weighted by Gasteiger charge is 2.19. The number of amides is 1. The third-order valence-electron chi connectivity index (χ3n) is 4.36. The second-order valence-corrected chi connectivity index (χ2v) is 6.41. The first-order valence-corrected chi connectivity index (χ1v) is 8.64. The summed E-state index contributed by atoms with van der Waals surface area (Å²) in [6.07, 6.45) is -0.346. The molecule has 2 N–H and O–H groups in total. The molecule has 1 aromatic heterocycles. The Bertz CT molecular complexity index is 1040. The summed E-state index contributed by atoms with van der Waals surface area (Å²) in [5.74, 6) is -1.32. The molecule has 1 heterocycles. The van der Waals surface area contributed by atoms with Gasteiger partial charge in [-0.05, 0) is 30.7 Å². The van der Waals surface area contributed by atoms with E-state index in [1.54, 1.807) is 0 Å². The molecule has 0 saturated carbocycles. The molecule has 0 unspecified atom stereocenters. The predicted molar refractivity (Wildman–Crippen MR) is 104 cm³/mol. The van der Waals surface area contributed by atoms with Crippen LogP contribution >= 0.6 is 0 Å². The van der Waals surface area contributed by atoms with E-state index < -0.39 is 5.97 Å². The lowest BCUT2D eigenvalue weighted by molar-refractivity contribution is -0.138. The average Bonchev–Trinajstić information content (AvgIpc) is 2.64. The number of hydrogen-bond acceptors (Lipinski definition) is 3. The second kappa shape index (κ2) is 7.86. The van der Waals surface area contributed by atoms with Gasteiger partial charge >= 0.3 is 5.97 Å². The van der Waals surface area contributed by atoms with Crippen LogP contribution in [0.4, 0.5) is 5.69 Å². The Kier molecular flexibility index (Phi) is 5.35. The number of fused-ring (bicyclic) bond motifs is 1. The topological polar surface area (TPSA) is 90.5 Å². The van der Waals surface area contributed by atoms with E-state index in [4.69, 9.17) is 5.11 Å². The number of benzene rings is 2. The number of carbonyl (C=O) groups is 2. The number of aromatic amines is 1. The van der Waals surface area contributed by atoms with Crippen LogP contribution < -0.4 is 10.5 Å². The van der Waals surface area contributed by atoms with Crippen molar-refractivity contribution in [2.45, 2.75) is 26.3 Å². The van der Waals surface area contributed by atoms with Gasteiger partial charge in [0.05, 0.1) is 13.0 Å². The predicted octanol–water partition coefficient (Wildman–Crippen LogP) is 3.23. The molecule has 6 nitrogen and oxygen atoms in total. The molecule has 6 heteroatoms. The summed E-state index contributed by atoms with van der Waals surface area (Å²) in [6, 6.07) is 16.3. The van der Waals surface area contributed by atoms with Gasteiger partial charge in [0.25, 0.3) is 0 Å². The molecule has 138 valence electrons. The molecule has 1 amide bonds. The number of carboxylic acid groups (broad SMARTS) is 1. The summed E-state index contributed by atoms with van der Waals surface area (Å²) in [5, 5.41) is 9.75. The van der Waals surface area contributed by atoms with Crippen molar-refractivity contribution in [3.63, 3.8) is 0 Å². The zero-order chi connectivity index (χ0) is 19.4. The number of aromatic nitrogens is 1. The smallest absolute Gasteiger partial charge is 0.303 e. The molecule has 0 saturated heterocycles. The van der Waals surface area contributed by atoms with Gasteiger partial charge in [0.15, 0.2) is 0 Å². The van der Waals surface area contributed by atoms with Crippen LogP contribution in [0.15, 0.2) is 59.4 Å². The summed E-state index contributed by atoms with van der Waals surface area (Å²) in [7, 11) is 0. The number of hydrogen-bond donors (Lipinski definition) is 2. The molecule has 27 heavy (non-hydrogen) atoms. The van der Waals surface area contributed by atoms with Gasteiger partial charge in [-0.25, -0.2) is 0 Å². The number of aryl methyl sites for hydroxylation is 1. The molecule has 2 aromatic carbocycles. The number of rotatable bonds is 6. The average molecular weight is 364 g/mol. The van der Waals surface area contributed by atoms with E-state index in [-0.39, 0.29) is 30.9 Å². The number of carbonyl (C=O) groups excluding carboxylic acids is 1. The maximum atomic E-state index is 12.7. The zero-order valence-corrected chi connectivity index (χ0v) is 14.9. The number of H-pyrrole nitrogens is 1. The third kappa shape index (κ3) is 4.41. The van der Waals surface area contributed by atoms with Crippen LogP contribution in [0.1, 0.15) is 24.0 Å². The van der Waals surface area contributed by atoms with Crippen LogP contribution in [-0.4, -0.2) is 22.0 Å². The Labute approximate surface area is 156 Å². The number of para-hydroxylation sites is 1. The fourth-order valence-corrected chi connectivity index (χ4v) is 2.98. The molecule has 0 radical (unpaired) electrons. The van der Waals surface area contributed by atoms with Crippen molar-refractivity contribution < 1.29 is 14.7 Å². The van der Waals surface area contributed by atoms with Crippen LogP contribution in [0.25, 0.3) is 10.9 Å². The zero-order valence-electron chi connectivity index (χ0n) is 14.9. The number of aliphatic carboxylic acids is 1. The van der Waals surface area contributed by atoms with E-state index in [1.807, 2.05) is 55.5 Å². The summed E-state index contributed by atoms with van der Waals surface area (Å²) in [5.41, 5.74) is 2.88. The fraction of sp³-hybridized carbons (Fsp3) is 0.190. The molecule has 0 spiro atoms. The fourth-order valence-electron chi connectivity index (χ4n) is 2.98. The van der Waals surface area contributed by atoms with Gasteiger partial charge in [-0.15, -0.1) is 0 Å². The SMILES string of the molecule is Cc1ccc(N(Cc2cc(=O)[nH]c3ccccc23)C(=O)CCC(=O)O)cc1. The second-order valence-electron chi connectivity index (χ2n) is 6.41. The van der Waals surface area contributed by atoms with E-state index in [2.05, 4.69) is 4.98 Å². The molecule has 0 aliphatic rings. The monoisotopic (exact) mass is 364 g/mol. The van der Waals surface area contributed by atoms with Gasteiger partial charge < -0.3 is 15.0 Å². The number of pyridine rings is 1. The van der Waals surface area contributed by atoms with Crippen molar-refractivity contribution in [1.82, 2.24) is 4.98 Å². The molecule has 0 bridgehead atoms. The highest BCUT2D eigenvalue weighted by atomic mass is 16.4. The molecule has 3 rings (SSSR count). The number of nitrogens with zero attached hydrogens (tertiary/aromatic N) is 1. The van der Waals surface area contributed by atoms with Gasteiger partial charge in [-0.1, -0.05) is 35.9 Å². The van der Waals surface area contributed by atoms with E-state index in [9.17, 15) is 14.4 Å². The molecule has 0 aliphatic carbocycles. The Hall–Kier alpha value is -3.41. The largest absolute Gasteiger partial charge is 0.481 e. The molecule has 0 aliphatic heterocycles. The van der Waals surface area contributed by atoms with Crippen molar-refractivity contribution in [3.05, 3.63) is 76.1 Å². The Morgan fingerprint density at radius 2 is 1.74 bits per heavy atom. The van der Waals surface area contributed by atoms with E-state index in [1.165, 1.54) is 11.0 Å². The third-order valence-corrected chi connectivity index (χ3v) is 4.36. The van der Waals surface area contributed by atoms with Crippen molar-refractivity contribution in [3.8, 4) is 0 Å². The minimum atomic E-state index is -1.02. The first kappa shape index (κ1) is 18.4. The van der Waals surface area contributed by atoms with E-state index in [0.717, 1.165) is 10.9 Å². The number of nitrogens with one attached hydrogen (secondary N) is 1. The van der Waals surface area contributed by atoms with Crippen LogP contribution in [0.5, 0.6) is 0 Å². The van der Waals surface area contributed by atoms with Gasteiger partial charge in [0.1, 0.15) is 0 Å². The molecule has 0 fully saturated rings. The van der Waals surface area contributed by atoms with Gasteiger partial charge in [-0.3, -0.25) is 14.4 Å². The van der Waals surface area contributed by atoms with E-state index >= 15 is 0 Å². The normalized spacial score (nSPS) is 10.7. The van der Waals surface area contributed by atoms with Gasteiger partial charge in [0, 0.05) is 29.1 Å². The van der Waals surface area contributed by atoms with Crippen LogP contribution in [0, 0.1) is 6.92 Å². The lowest BCUT2D eigenvalue weighted by Crippen LogP contribution is -2.31. The van der Waals surface area contributed by atoms with Crippen molar-refractivity contribution in [2.75, 3.05) is 4.90 Å². The van der Waals surface area contributed by atoms with Gasteiger partial charge in [-0.2, -0.15) is 0 Å².